The Hall–Kier alpha value is -1.53. The standard InChI is InChI=1S/C13H17ClN2O3S/c1-4-8-15-13(17)10(2)16(20(3,18)19)12-7-5-6-11(14)9-12/h4-7,9-10H,1,8H2,2-3H3,(H,15,17). The highest BCUT2D eigenvalue weighted by Crippen LogP contribution is 2.24. The summed E-state index contributed by atoms with van der Waals surface area (Å²) in [5, 5.41) is 2.97. The normalized spacial score (nSPS) is 12.6. The van der Waals surface area contributed by atoms with Gasteiger partial charge in [-0.1, -0.05) is 23.7 Å². The van der Waals surface area contributed by atoms with E-state index in [2.05, 4.69) is 11.9 Å². The first-order valence-electron chi connectivity index (χ1n) is 5.91. The predicted octanol–water partition coefficient (Wildman–Crippen LogP) is 1.80. The van der Waals surface area contributed by atoms with Gasteiger partial charge in [-0.2, -0.15) is 0 Å². The van der Waals surface area contributed by atoms with Gasteiger partial charge in [-0.3, -0.25) is 9.10 Å². The van der Waals surface area contributed by atoms with Gasteiger partial charge in [-0.15, -0.1) is 6.58 Å². The van der Waals surface area contributed by atoms with E-state index >= 15 is 0 Å². The maximum Gasteiger partial charge on any atom is 0.243 e. The maximum atomic E-state index is 12.0. The summed E-state index contributed by atoms with van der Waals surface area (Å²) in [4.78, 5) is 12.0. The number of nitrogens with zero attached hydrogens (tertiary/aromatic N) is 1. The molecule has 1 N–H and O–H groups in total. The molecule has 0 aliphatic rings. The summed E-state index contributed by atoms with van der Waals surface area (Å²) in [6, 6.07) is 5.46. The van der Waals surface area contributed by atoms with Gasteiger partial charge in [-0.05, 0) is 25.1 Å². The van der Waals surface area contributed by atoms with Gasteiger partial charge < -0.3 is 5.32 Å². The molecule has 5 nitrogen and oxygen atoms in total. The van der Waals surface area contributed by atoms with Crippen LogP contribution in [0.1, 0.15) is 6.92 Å². The molecule has 1 amide bonds. The number of nitrogens with one attached hydrogen (secondary N) is 1. The van der Waals surface area contributed by atoms with Gasteiger partial charge in [0.1, 0.15) is 6.04 Å². The van der Waals surface area contributed by atoms with Crippen molar-refractivity contribution in [1.29, 1.82) is 0 Å². The Morgan fingerprint density at radius 3 is 2.70 bits per heavy atom. The molecule has 0 aromatic heterocycles. The van der Waals surface area contributed by atoms with Crippen LogP contribution in [0.25, 0.3) is 0 Å². The highest BCUT2D eigenvalue weighted by atomic mass is 35.5. The minimum Gasteiger partial charge on any atom is -0.351 e. The summed E-state index contributed by atoms with van der Waals surface area (Å²) in [5.74, 6) is -0.407. The number of hydrogen-bond acceptors (Lipinski definition) is 3. The van der Waals surface area contributed by atoms with E-state index in [0.29, 0.717) is 10.7 Å². The van der Waals surface area contributed by atoms with E-state index in [-0.39, 0.29) is 6.54 Å². The van der Waals surface area contributed by atoms with Gasteiger partial charge in [0.25, 0.3) is 0 Å². The van der Waals surface area contributed by atoms with Crippen molar-refractivity contribution in [2.24, 2.45) is 0 Å². The summed E-state index contributed by atoms with van der Waals surface area (Å²) >= 11 is 5.87. The van der Waals surface area contributed by atoms with E-state index < -0.39 is 22.0 Å². The van der Waals surface area contributed by atoms with E-state index in [1.165, 1.54) is 19.1 Å². The van der Waals surface area contributed by atoms with Gasteiger partial charge >= 0.3 is 0 Å². The quantitative estimate of drug-likeness (QED) is 0.814. The molecule has 0 radical (unpaired) electrons. The van der Waals surface area contributed by atoms with E-state index in [4.69, 9.17) is 11.6 Å². The zero-order valence-corrected chi connectivity index (χ0v) is 12.9. The van der Waals surface area contributed by atoms with E-state index in [0.717, 1.165) is 10.6 Å². The fraction of sp³-hybridized carbons (Fsp3) is 0.308. The molecule has 0 aliphatic carbocycles. The number of benzene rings is 1. The molecule has 7 heteroatoms. The third-order valence-electron chi connectivity index (χ3n) is 2.57. The van der Waals surface area contributed by atoms with Crippen LogP contribution in [0.3, 0.4) is 0 Å². The molecule has 0 saturated carbocycles. The van der Waals surface area contributed by atoms with Crippen LogP contribution in [0.2, 0.25) is 5.02 Å². The molecular weight excluding hydrogens is 300 g/mol. The molecule has 0 aliphatic heterocycles. The molecule has 1 unspecified atom stereocenters. The minimum absolute atomic E-state index is 0.274. The molecule has 1 aromatic rings. The number of carbonyl (C=O) groups is 1. The van der Waals surface area contributed by atoms with Crippen molar-refractivity contribution in [3.63, 3.8) is 0 Å². The SMILES string of the molecule is C=CCNC(=O)C(C)N(c1cccc(Cl)c1)S(C)(=O)=O. The van der Waals surface area contributed by atoms with Crippen LogP contribution < -0.4 is 9.62 Å². The Morgan fingerprint density at radius 2 is 2.20 bits per heavy atom. The van der Waals surface area contributed by atoms with Gasteiger partial charge in [0.2, 0.25) is 15.9 Å². The molecule has 0 fully saturated rings. The van der Waals surface area contributed by atoms with Crippen LogP contribution in [-0.2, 0) is 14.8 Å². The number of halogens is 1. The lowest BCUT2D eigenvalue weighted by molar-refractivity contribution is -0.121. The van der Waals surface area contributed by atoms with E-state index in [9.17, 15) is 13.2 Å². The van der Waals surface area contributed by atoms with Crippen LogP contribution in [0.15, 0.2) is 36.9 Å². The lowest BCUT2D eigenvalue weighted by Gasteiger charge is -2.28. The Kier molecular flexibility index (Phi) is 5.59. The third kappa shape index (κ3) is 4.25. The molecule has 20 heavy (non-hydrogen) atoms. The maximum absolute atomic E-state index is 12.0. The van der Waals surface area contributed by atoms with Crippen LogP contribution in [-0.4, -0.2) is 33.2 Å². The van der Waals surface area contributed by atoms with Gasteiger partial charge in [-0.25, -0.2) is 8.42 Å². The highest BCUT2D eigenvalue weighted by Gasteiger charge is 2.28. The molecule has 110 valence electrons. The third-order valence-corrected chi connectivity index (χ3v) is 4.05. The van der Waals surface area contributed by atoms with Crippen molar-refractivity contribution >= 4 is 33.2 Å². The lowest BCUT2D eigenvalue weighted by Crippen LogP contribution is -2.47. The fourth-order valence-corrected chi connectivity index (χ4v) is 3.09. The second kappa shape index (κ2) is 6.76. The summed E-state index contributed by atoms with van der Waals surface area (Å²) in [6.45, 7) is 5.28. The molecular formula is C13H17ClN2O3S. The number of sulfonamides is 1. The summed E-state index contributed by atoms with van der Waals surface area (Å²) in [6.07, 6.45) is 2.57. The Bertz CT molecular complexity index is 601. The van der Waals surface area contributed by atoms with Crippen molar-refractivity contribution in [1.82, 2.24) is 5.32 Å². The molecule has 1 aromatic carbocycles. The Balaban J connectivity index is 3.14. The highest BCUT2D eigenvalue weighted by molar-refractivity contribution is 7.92. The first-order valence-corrected chi connectivity index (χ1v) is 8.13. The van der Waals surface area contributed by atoms with Crippen LogP contribution in [0.5, 0.6) is 0 Å². The second-order valence-electron chi connectivity index (χ2n) is 4.25. The topological polar surface area (TPSA) is 66.5 Å². The summed E-state index contributed by atoms with van der Waals surface area (Å²) < 4.78 is 24.9. The van der Waals surface area contributed by atoms with Crippen molar-refractivity contribution in [3.8, 4) is 0 Å². The molecule has 0 spiro atoms. The van der Waals surface area contributed by atoms with Crippen molar-refractivity contribution in [2.75, 3.05) is 17.1 Å². The molecule has 0 heterocycles. The average molecular weight is 317 g/mol. The van der Waals surface area contributed by atoms with Crippen LogP contribution >= 0.6 is 11.6 Å². The van der Waals surface area contributed by atoms with E-state index in [1.54, 1.807) is 18.2 Å². The lowest BCUT2D eigenvalue weighted by atomic mass is 10.2. The number of rotatable bonds is 6. The Labute approximate surface area is 124 Å². The molecule has 0 bridgehead atoms. The summed E-state index contributed by atoms with van der Waals surface area (Å²) in [7, 11) is -3.62. The van der Waals surface area contributed by atoms with Crippen molar-refractivity contribution in [3.05, 3.63) is 41.9 Å². The molecule has 0 saturated heterocycles. The van der Waals surface area contributed by atoms with Crippen LogP contribution in [0.4, 0.5) is 5.69 Å². The zero-order valence-electron chi connectivity index (χ0n) is 11.3. The summed E-state index contributed by atoms with van der Waals surface area (Å²) in [5.41, 5.74) is 0.348. The zero-order chi connectivity index (χ0) is 15.3. The second-order valence-corrected chi connectivity index (χ2v) is 6.54. The first-order chi connectivity index (χ1) is 9.27. The average Bonchev–Trinajstić information content (AvgIpc) is 2.34. The largest absolute Gasteiger partial charge is 0.351 e. The van der Waals surface area contributed by atoms with Gasteiger partial charge in [0.15, 0.2) is 0 Å². The smallest absolute Gasteiger partial charge is 0.243 e. The van der Waals surface area contributed by atoms with Crippen molar-refractivity contribution < 1.29 is 13.2 Å². The van der Waals surface area contributed by atoms with Crippen LogP contribution in [0, 0.1) is 0 Å². The predicted molar refractivity (Wildman–Crippen MR) is 81.4 cm³/mol. The first kappa shape index (κ1) is 16.5. The van der Waals surface area contributed by atoms with Gasteiger partial charge in [0, 0.05) is 11.6 Å². The molecule has 1 rings (SSSR count). The van der Waals surface area contributed by atoms with E-state index in [1.807, 2.05) is 0 Å². The van der Waals surface area contributed by atoms with Gasteiger partial charge in [0.05, 0.1) is 11.9 Å². The number of hydrogen-bond donors (Lipinski definition) is 1. The van der Waals surface area contributed by atoms with Crippen molar-refractivity contribution in [2.45, 2.75) is 13.0 Å². The number of anilines is 1. The monoisotopic (exact) mass is 316 g/mol. The minimum atomic E-state index is -3.62. The fourth-order valence-electron chi connectivity index (χ4n) is 1.74. The number of amides is 1. The Morgan fingerprint density at radius 1 is 1.55 bits per heavy atom. The molecule has 1 atom stereocenters. The number of carbonyl (C=O) groups excluding carboxylic acids is 1.